The molecule has 0 radical (unpaired) electrons. The second kappa shape index (κ2) is 5.29. The van der Waals surface area contributed by atoms with Gasteiger partial charge in [0.05, 0.1) is 0 Å². The van der Waals surface area contributed by atoms with Crippen molar-refractivity contribution in [1.29, 1.82) is 0 Å². The van der Waals surface area contributed by atoms with Gasteiger partial charge in [-0.15, -0.1) is 0 Å². The van der Waals surface area contributed by atoms with Gasteiger partial charge in [-0.2, -0.15) is 15.0 Å². The van der Waals surface area contributed by atoms with Gasteiger partial charge in [0, 0.05) is 11.3 Å². The number of nitrogens with one attached hydrogen (secondary N) is 1. The van der Waals surface area contributed by atoms with Gasteiger partial charge in [-0.1, -0.05) is 12.1 Å². The molecule has 1 aromatic carbocycles. The van der Waals surface area contributed by atoms with E-state index >= 15 is 0 Å². The molecule has 0 aliphatic carbocycles. The molecule has 1 N–H and O–H groups in total. The average Bonchev–Trinajstić information content (AvgIpc) is 2.27. The number of hydrogen-bond donors (Lipinski definition) is 1. The molecule has 92 valence electrons. The first-order valence-electron chi connectivity index (χ1n) is 5.00. The highest BCUT2D eigenvalue weighted by Crippen LogP contribution is 2.17. The Morgan fingerprint density at radius 2 is 1.83 bits per heavy atom. The maximum atomic E-state index is 11.2. The van der Waals surface area contributed by atoms with Crippen LogP contribution in [0.4, 0.5) is 11.6 Å². The van der Waals surface area contributed by atoms with Crippen LogP contribution < -0.4 is 5.32 Å². The van der Waals surface area contributed by atoms with Crippen LogP contribution in [0.3, 0.4) is 0 Å². The normalized spacial score (nSPS) is 10.2. The average molecular weight is 283 g/mol. The minimum atomic E-state index is -0.0228. The van der Waals surface area contributed by atoms with Crippen LogP contribution in [0, 0.1) is 0 Å². The number of benzene rings is 1. The highest BCUT2D eigenvalue weighted by atomic mass is 35.5. The standard InChI is InChI=1S/C11H8Cl2N4O/c1-6(18)7-3-2-4-8(5-7)14-11-16-9(12)15-10(13)17-11/h2-5H,1H3,(H,14,15,16,17). The number of carbonyl (C=O) groups excluding carboxylic acids is 1. The van der Waals surface area contributed by atoms with Crippen LogP contribution >= 0.6 is 23.2 Å². The SMILES string of the molecule is CC(=O)c1cccc(Nc2nc(Cl)nc(Cl)n2)c1. The van der Waals surface area contributed by atoms with Crippen molar-refractivity contribution in [3.05, 3.63) is 40.4 Å². The minimum Gasteiger partial charge on any atom is -0.324 e. The van der Waals surface area contributed by atoms with Crippen LogP contribution in [-0.2, 0) is 0 Å². The third-order valence-corrected chi connectivity index (χ3v) is 2.44. The monoisotopic (exact) mass is 282 g/mol. The molecule has 0 amide bonds. The maximum absolute atomic E-state index is 11.2. The largest absolute Gasteiger partial charge is 0.324 e. The summed E-state index contributed by atoms with van der Waals surface area (Å²) >= 11 is 11.3. The van der Waals surface area contributed by atoms with Crippen molar-refractivity contribution >= 4 is 40.6 Å². The topological polar surface area (TPSA) is 67.8 Å². The van der Waals surface area contributed by atoms with Crippen molar-refractivity contribution in [2.75, 3.05) is 5.32 Å². The molecule has 7 heteroatoms. The van der Waals surface area contributed by atoms with Crippen LogP contribution in [0.15, 0.2) is 24.3 Å². The van der Waals surface area contributed by atoms with Gasteiger partial charge in [-0.3, -0.25) is 4.79 Å². The Bertz CT molecular complexity index is 583. The lowest BCUT2D eigenvalue weighted by molar-refractivity contribution is 0.101. The van der Waals surface area contributed by atoms with Crippen LogP contribution in [0.25, 0.3) is 0 Å². The molecule has 0 aliphatic rings. The van der Waals surface area contributed by atoms with E-state index in [4.69, 9.17) is 23.2 Å². The molecule has 0 unspecified atom stereocenters. The number of carbonyl (C=O) groups is 1. The summed E-state index contributed by atoms with van der Waals surface area (Å²) < 4.78 is 0. The molecule has 0 aliphatic heterocycles. The summed E-state index contributed by atoms with van der Waals surface area (Å²) in [5, 5.41) is 2.90. The number of Topliss-reactive ketones (excluding diaryl/α,β-unsaturated/α-hetero) is 1. The van der Waals surface area contributed by atoms with E-state index in [-0.39, 0.29) is 22.3 Å². The molecule has 0 saturated carbocycles. The summed E-state index contributed by atoms with van der Waals surface area (Å²) in [7, 11) is 0. The summed E-state index contributed by atoms with van der Waals surface area (Å²) in [6, 6.07) is 6.94. The molecular formula is C11H8Cl2N4O. The summed E-state index contributed by atoms with van der Waals surface area (Å²) in [4.78, 5) is 22.6. The zero-order valence-electron chi connectivity index (χ0n) is 9.32. The Morgan fingerprint density at radius 1 is 1.17 bits per heavy atom. The lowest BCUT2D eigenvalue weighted by atomic mass is 10.1. The van der Waals surface area contributed by atoms with Crippen molar-refractivity contribution in [3.63, 3.8) is 0 Å². The Balaban J connectivity index is 2.28. The van der Waals surface area contributed by atoms with Crippen molar-refractivity contribution in [2.24, 2.45) is 0 Å². The third-order valence-electron chi connectivity index (χ3n) is 2.11. The molecular weight excluding hydrogens is 275 g/mol. The zero-order chi connectivity index (χ0) is 13.1. The van der Waals surface area contributed by atoms with Gasteiger partial charge in [0.2, 0.25) is 16.5 Å². The number of hydrogen-bond acceptors (Lipinski definition) is 5. The number of nitrogens with zero attached hydrogens (tertiary/aromatic N) is 3. The van der Waals surface area contributed by atoms with Gasteiger partial charge in [-0.05, 0) is 42.3 Å². The van der Waals surface area contributed by atoms with Crippen molar-refractivity contribution < 1.29 is 4.79 Å². The smallest absolute Gasteiger partial charge is 0.232 e. The van der Waals surface area contributed by atoms with Crippen molar-refractivity contribution in [2.45, 2.75) is 6.92 Å². The van der Waals surface area contributed by atoms with Crippen molar-refractivity contribution in [1.82, 2.24) is 15.0 Å². The summed E-state index contributed by atoms with van der Waals surface area (Å²) in [6.45, 7) is 1.50. The molecule has 2 aromatic rings. The summed E-state index contributed by atoms with van der Waals surface area (Å²) in [5.41, 5.74) is 1.26. The van der Waals surface area contributed by atoms with E-state index in [2.05, 4.69) is 20.3 Å². The molecule has 0 fully saturated rings. The molecule has 1 aromatic heterocycles. The molecule has 0 bridgehead atoms. The van der Waals surface area contributed by atoms with E-state index in [0.29, 0.717) is 11.3 Å². The van der Waals surface area contributed by atoms with E-state index in [9.17, 15) is 4.79 Å². The van der Waals surface area contributed by atoms with Crippen molar-refractivity contribution in [3.8, 4) is 0 Å². The quantitative estimate of drug-likeness (QED) is 0.876. The first kappa shape index (κ1) is 12.7. The van der Waals surface area contributed by atoms with Gasteiger partial charge in [0.1, 0.15) is 0 Å². The molecule has 0 atom stereocenters. The third kappa shape index (κ3) is 3.15. The van der Waals surface area contributed by atoms with Gasteiger partial charge in [0.15, 0.2) is 5.78 Å². The van der Waals surface area contributed by atoms with Crippen LogP contribution in [0.1, 0.15) is 17.3 Å². The van der Waals surface area contributed by atoms with Crippen LogP contribution in [0.5, 0.6) is 0 Å². The Morgan fingerprint density at radius 3 is 2.44 bits per heavy atom. The fourth-order valence-corrected chi connectivity index (χ4v) is 1.69. The van der Waals surface area contributed by atoms with Gasteiger partial charge < -0.3 is 5.32 Å². The second-order valence-electron chi connectivity index (χ2n) is 3.46. The van der Waals surface area contributed by atoms with E-state index < -0.39 is 0 Å². The fraction of sp³-hybridized carbons (Fsp3) is 0.0909. The second-order valence-corrected chi connectivity index (χ2v) is 4.14. The van der Waals surface area contributed by atoms with Crippen LogP contribution in [-0.4, -0.2) is 20.7 Å². The number of aromatic nitrogens is 3. The fourth-order valence-electron chi connectivity index (χ4n) is 1.33. The Labute approximate surface area is 113 Å². The molecule has 18 heavy (non-hydrogen) atoms. The van der Waals surface area contributed by atoms with Gasteiger partial charge in [-0.25, -0.2) is 0 Å². The first-order chi connectivity index (χ1) is 8.54. The highest BCUT2D eigenvalue weighted by Gasteiger charge is 2.05. The molecule has 0 spiro atoms. The van der Waals surface area contributed by atoms with Gasteiger partial charge in [0.25, 0.3) is 0 Å². The number of anilines is 2. The molecule has 1 heterocycles. The first-order valence-corrected chi connectivity index (χ1v) is 5.75. The number of halogens is 2. The van der Waals surface area contributed by atoms with Gasteiger partial charge >= 0.3 is 0 Å². The summed E-state index contributed by atoms with van der Waals surface area (Å²) in [6.07, 6.45) is 0. The predicted molar refractivity (Wildman–Crippen MR) is 69.6 cm³/mol. The van der Waals surface area contributed by atoms with Crippen LogP contribution in [0.2, 0.25) is 10.6 Å². The molecule has 5 nitrogen and oxygen atoms in total. The Hall–Kier alpha value is -1.72. The number of ketones is 1. The highest BCUT2D eigenvalue weighted by molar-refractivity contribution is 6.31. The van der Waals surface area contributed by atoms with E-state index in [0.717, 1.165) is 0 Å². The summed E-state index contributed by atoms with van der Waals surface area (Å²) in [5.74, 6) is 0.200. The molecule has 2 rings (SSSR count). The van der Waals surface area contributed by atoms with E-state index in [1.165, 1.54) is 6.92 Å². The zero-order valence-corrected chi connectivity index (χ0v) is 10.8. The Kier molecular flexibility index (Phi) is 3.74. The van der Waals surface area contributed by atoms with E-state index in [1.54, 1.807) is 24.3 Å². The van der Waals surface area contributed by atoms with E-state index in [1.807, 2.05) is 0 Å². The number of rotatable bonds is 3. The lowest BCUT2D eigenvalue weighted by Gasteiger charge is -2.05. The minimum absolute atomic E-state index is 0.000206. The predicted octanol–water partition coefficient (Wildman–Crippen LogP) is 3.12. The lowest BCUT2D eigenvalue weighted by Crippen LogP contribution is -2.00. The molecule has 0 saturated heterocycles. The maximum Gasteiger partial charge on any atom is 0.232 e.